The summed E-state index contributed by atoms with van der Waals surface area (Å²) >= 11 is 3.79. The molecule has 19 heavy (non-hydrogen) atoms. The van der Waals surface area contributed by atoms with Crippen LogP contribution >= 0.6 is 15.9 Å². The van der Waals surface area contributed by atoms with Gasteiger partial charge in [-0.3, -0.25) is 4.90 Å². The maximum Gasteiger partial charge on any atom is 0.0235 e. The van der Waals surface area contributed by atoms with Crippen LogP contribution in [-0.2, 0) is 6.54 Å². The van der Waals surface area contributed by atoms with Crippen LogP contribution in [0.3, 0.4) is 0 Å². The lowest BCUT2D eigenvalue weighted by atomic mass is 9.96. The van der Waals surface area contributed by atoms with E-state index in [0.717, 1.165) is 25.6 Å². The smallest absolute Gasteiger partial charge is 0.0235 e. The van der Waals surface area contributed by atoms with Gasteiger partial charge in [-0.1, -0.05) is 40.9 Å². The minimum absolute atomic E-state index is 0.794. The van der Waals surface area contributed by atoms with E-state index in [0.29, 0.717) is 0 Å². The van der Waals surface area contributed by atoms with Crippen molar-refractivity contribution in [1.82, 2.24) is 10.2 Å². The maximum atomic E-state index is 3.79. The van der Waals surface area contributed by atoms with Crippen LogP contribution in [0, 0.1) is 0 Å². The Bertz CT molecular complexity index is 421. The third kappa shape index (κ3) is 3.39. The Balaban J connectivity index is 1.67. The molecule has 1 aromatic rings. The Morgan fingerprint density at radius 2 is 1.89 bits per heavy atom. The first-order chi connectivity index (χ1) is 9.33. The van der Waals surface area contributed by atoms with Crippen molar-refractivity contribution in [2.45, 2.75) is 38.1 Å². The molecule has 3 rings (SSSR count). The maximum absolute atomic E-state index is 3.79. The highest BCUT2D eigenvalue weighted by Gasteiger charge is 2.19. The molecule has 2 fully saturated rings. The summed E-state index contributed by atoms with van der Waals surface area (Å²) in [6.45, 7) is 5.68. The molecule has 0 atom stereocenters. The summed E-state index contributed by atoms with van der Waals surface area (Å²) < 4.78 is 1.33. The molecule has 3 heteroatoms. The number of hydrogen-bond donors (Lipinski definition) is 1. The van der Waals surface area contributed by atoms with Gasteiger partial charge >= 0.3 is 0 Å². The van der Waals surface area contributed by atoms with Gasteiger partial charge in [-0.2, -0.15) is 0 Å². The monoisotopic (exact) mass is 322 g/mol. The van der Waals surface area contributed by atoms with Gasteiger partial charge in [-0.05, 0) is 36.0 Å². The van der Waals surface area contributed by atoms with E-state index in [1.165, 1.54) is 54.4 Å². The molecule has 0 amide bonds. The lowest BCUT2D eigenvalue weighted by Gasteiger charge is -2.27. The number of nitrogens with one attached hydrogen (secondary N) is 1. The van der Waals surface area contributed by atoms with Gasteiger partial charge in [-0.15, -0.1) is 0 Å². The molecule has 104 valence electrons. The average molecular weight is 323 g/mol. The van der Waals surface area contributed by atoms with Gasteiger partial charge in [0.2, 0.25) is 0 Å². The van der Waals surface area contributed by atoms with E-state index in [1.54, 1.807) is 0 Å². The SMILES string of the molecule is Brc1cc(CN2CCNCC2)ccc1C1CCCC1. The molecule has 1 saturated carbocycles. The number of hydrogen-bond acceptors (Lipinski definition) is 2. The van der Waals surface area contributed by atoms with Crippen molar-refractivity contribution in [3.8, 4) is 0 Å². The van der Waals surface area contributed by atoms with Crippen molar-refractivity contribution < 1.29 is 0 Å². The summed E-state index contributed by atoms with van der Waals surface area (Å²) in [5.41, 5.74) is 2.97. The zero-order chi connectivity index (χ0) is 13.1. The Labute approximate surface area is 124 Å². The van der Waals surface area contributed by atoms with Gasteiger partial charge in [0.25, 0.3) is 0 Å². The molecule has 2 nitrogen and oxygen atoms in total. The predicted octanol–water partition coefficient (Wildman–Crippen LogP) is 3.51. The van der Waals surface area contributed by atoms with E-state index in [2.05, 4.69) is 44.3 Å². The third-order valence-electron chi connectivity index (χ3n) is 4.48. The Hall–Kier alpha value is -0.380. The largest absolute Gasteiger partial charge is 0.314 e. The fraction of sp³-hybridized carbons (Fsp3) is 0.625. The first kappa shape index (κ1) is 13.6. The van der Waals surface area contributed by atoms with Crippen LogP contribution in [0.2, 0.25) is 0 Å². The molecule has 2 aliphatic rings. The number of piperazine rings is 1. The third-order valence-corrected chi connectivity index (χ3v) is 5.16. The molecule has 1 heterocycles. The van der Waals surface area contributed by atoms with Gasteiger partial charge < -0.3 is 5.32 Å². The number of nitrogens with zero attached hydrogens (tertiary/aromatic N) is 1. The highest BCUT2D eigenvalue weighted by Crippen LogP contribution is 2.38. The number of halogens is 1. The molecule has 1 aliphatic heterocycles. The van der Waals surface area contributed by atoms with Crippen molar-refractivity contribution in [2.24, 2.45) is 0 Å². The Morgan fingerprint density at radius 1 is 1.16 bits per heavy atom. The topological polar surface area (TPSA) is 15.3 Å². The minimum atomic E-state index is 0.794. The molecular weight excluding hydrogens is 300 g/mol. The highest BCUT2D eigenvalue weighted by molar-refractivity contribution is 9.10. The fourth-order valence-corrected chi connectivity index (χ4v) is 4.11. The van der Waals surface area contributed by atoms with Crippen LogP contribution < -0.4 is 5.32 Å². The van der Waals surface area contributed by atoms with Crippen LogP contribution in [0.4, 0.5) is 0 Å². The van der Waals surface area contributed by atoms with Crippen molar-refractivity contribution in [2.75, 3.05) is 26.2 Å². The van der Waals surface area contributed by atoms with Gasteiger partial charge in [0.1, 0.15) is 0 Å². The average Bonchev–Trinajstić information content (AvgIpc) is 2.94. The molecule has 0 spiro atoms. The lowest BCUT2D eigenvalue weighted by Crippen LogP contribution is -2.42. The zero-order valence-electron chi connectivity index (χ0n) is 11.5. The van der Waals surface area contributed by atoms with E-state index < -0.39 is 0 Å². The standard InChI is InChI=1S/C16H23BrN2/c17-16-11-13(12-19-9-7-18-8-10-19)5-6-15(16)14-3-1-2-4-14/h5-6,11,14,18H,1-4,7-10,12H2. The number of benzene rings is 1. The van der Waals surface area contributed by atoms with Gasteiger partial charge in [0, 0.05) is 37.2 Å². The molecule has 1 saturated heterocycles. The Kier molecular flexibility index (Phi) is 4.57. The molecule has 1 aliphatic carbocycles. The van der Waals surface area contributed by atoms with Gasteiger partial charge in [-0.25, -0.2) is 0 Å². The van der Waals surface area contributed by atoms with Crippen LogP contribution in [-0.4, -0.2) is 31.1 Å². The van der Waals surface area contributed by atoms with Crippen molar-refractivity contribution in [1.29, 1.82) is 0 Å². The normalized spacial score (nSPS) is 21.9. The fourth-order valence-electron chi connectivity index (χ4n) is 3.36. The second kappa shape index (κ2) is 6.38. The van der Waals surface area contributed by atoms with Crippen LogP contribution in [0.25, 0.3) is 0 Å². The molecule has 0 bridgehead atoms. The van der Waals surface area contributed by atoms with E-state index in [-0.39, 0.29) is 0 Å². The van der Waals surface area contributed by atoms with Crippen molar-refractivity contribution >= 4 is 15.9 Å². The summed E-state index contributed by atoms with van der Waals surface area (Å²) in [5, 5.41) is 3.41. The molecule has 1 aromatic carbocycles. The van der Waals surface area contributed by atoms with E-state index in [9.17, 15) is 0 Å². The summed E-state index contributed by atoms with van der Waals surface area (Å²) in [6.07, 6.45) is 5.55. The highest BCUT2D eigenvalue weighted by atomic mass is 79.9. The van der Waals surface area contributed by atoms with Gasteiger partial charge in [0.05, 0.1) is 0 Å². The van der Waals surface area contributed by atoms with Crippen LogP contribution in [0.1, 0.15) is 42.7 Å². The number of rotatable bonds is 3. The van der Waals surface area contributed by atoms with Crippen molar-refractivity contribution in [3.63, 3.8) is 0 Å². The second-order valence-electron chi connectivity index (χ2n) is 5.86. The predicted molar refractivity (Wildman–Crippen MR) is 83.5 cm³/mol. The summed E-state index contributed by atoms with van der Waals surface area (Å²) in [7, 11) is 0. The summed E-state index contributed by atoms with van der Waals surface area (Å²) in [6, 6.07) is 7.04. The Morgan fingerprint density at radius 3 is 2.58 bits per heavy atom. The van der Waals surface area contributed by atoms with Crippen LogP contribution in [0.5, 0.6) is 0 Å². The van der Waals surface area contributed by atoms with Gasteiger partial charge in [0.15, 0.2) is 0 Å². The van der Waals surface area contributed by atoms with E-state index >= 15 is 0 Å². The van der Waals surface area contributed by atoms with E-state index in [4.69, 9.17) is 0 Å². The molecule has 0 unspecified atom stereocenters. The zero-order valence-corrected chi connectivity index (χ0v) is 13.1. The second-order valence-corrected chi connectivity index (χ2v) is 6.72. The summed E-state index contributed by atoms with van der Waals surface area (Å²) in [4.78, 5) is 2.54. The first-order valence-corrected chi connectivity index (χ1v) is 8.33. The molecule has 0 aromatic heterocycles. The quantitative estimate of drug-likeness (QED) is 0.916. The van der Waals surface area contributed by atoms with Crippen LogP contribution in [0.15, 0.2) is 22.7 Å². The molecular formula is C16H23BrN2. The van der Waals surface area contributed by atoms with E-state index in [1.807, 2.05) is 0 Å². The van der Waals surface area contributed by atoms with Crippen molar-refractivity contribution in [3.05, 3.63) is 33.8 Å². The molecule has 1 N–H and O–H groups in total. The summed E-state index contributed by atoms with van der Waals surface area (Å²) in [5.74, 6) is 0.794. The lowest BCUT2D eigenvalue weighted by molar-refractivity contribution is 0.233. The minimum Gasteiger partial charge on any atom is -0.314 e. The first-order valence-electron chi connectivity index (χ1n) is 7.54. The molecule has 0 radical (unpaired) electrons.